The van der Waals surface area contributed by atoms with E-state index in [0.29, 0.717) is 12.8 Å². The van der Waals surface area contributed by atoms with Crippen LogP contribution in [-0.2, 0) is 22.4 Å². The molecule has 2 aliphatic rings. The summed E-state index contributed by atoms with van der Waals surface area (Å²) >= 11 is 0. The number of carbonyl (C=O) groups is 2. The molecule has 0 aliphatic carbocycles. The standard InChI is InChI=1S/C55H58N6O2/c1-30-46(36(7)56-50(30)28-52-32(3)48(38(9)58-52)26-54(62)60-34(5)42-23-15-19-40-17-11-13-21-44(40)42)25-47-31(2)51(57-37(47)8)29-53-33(4)49(39(10)59-53)27-55(63)61-35(6)43-24-16-20-41-18-12-14-22-45(41)43/h11-24,28-29,34-35,58-59H,25-27H2,1-10H3,(H,60,62)(H,61,63)/b50-28+,51-29?/t34-,35-/m1/s1. The molecule has 8 heteroatoms. The number of H-pyrrole nitrogens is 2. The molecule has 320 valence electrons. The third kappa shape index (κ3) is 8.55. The molecule has 6 aromatic rings. The highest BCUT2D eigenvalue weighted by molar-refractivity contribution is 6.09. The topological polar surface area (TPSA) is 114 Å². The number of rotatable bonds is 12. The average Bonchev–Trinajstić information content (AvgIpc) is 3.88. The van der Waals surface area contributed by atoms with Crippen molar-refractivity contribution in [1.82, 2.24) is 20.6 Å². The molecule has 0 saturated carbocycles. The summed E-state index contributed by atoms with van der Waals surface area (Å²) in [4.78, 5) is 44.1. The summed E-state index contributed by atoms with van der Waals surface area (Å²) in [5.41, 5.74) is 18.8. The second-order valence-corrected chi connectivity index (χ2v) is 17.4. The second kappa shape index (κ2) is 17.5. The molecule has 2 amide bonds. The van der Waals surface area contributed by atoms with Crippen LogP contribution >= 0.6 is 0 Å². The van der Waals surface area contributed by atoms with E-state index in [2.05, 4.69) is 123 Å². The quantitative estimate of drug-likeness (QED) is 0.0983. The lowest BCUT2D eigenvalue weighted by atomic mass is 9.93. The van der Waals surface area contributed by atoms with E-state index in [9.17, 15) is 9.59 Å². The number of benzene rings is 4. The Hall–Kier alpha value is -6.80. The van der Waals surface area contributed by atoms with Crippen LogP contribution in [0.3, 0.4) is 0 Å². The van der Waals surface area contributed by atoms with Crippen LogP contribution in [0.15, 0.2) is 129 Å². The minimum Gasteiger partial charge on any atom is -0.359 e. The van der Waals surface area contributed by atoms with Gasteiger partial charge in [0, 0.05) is 40.6 Å². The number of amides is 2. The molecule has 2 aromatic heterocycles. The molecule has 2 aliphatic heterocycles. The minimum atomic E-state index is -0.123. The van der Waals surface area contributed by atoms with Gasteiger partial charge in [-0.25, -0.2) is 0 Å². The van der Waals surface area contributed by atoms with E-state index in [1.54, 1.807) is 0 Å². The first-order valence-corrected chi connectivity index (χ1v) is 22.0. The van der Waals surface area contributed by atoms with Gasteiger partial charge in [-0.3, -0.25) is 19.6 Å². The Morgan fingerprint density at radius 2 is 0.937 bits per heavy atom. The maximum absolute atomic E-state index is 13.4. The zero-order valence-electron chi connectivity index (χ0n) is 38.2. The number of aromatic nitrogens is 2. The van der Waals surface area contributed by atoms with Crippen LogP contribution in [0.2, 0.25) is 0 Å². The first-order valence-electron chi connectivity index (χ1n) is 22.0. The Bertz CT molecular complexity index is 2820. The fraction of sp³-hybridized carbons (Fsp3) is 0.273. The number of hydrogen-bond donors (Lipinski definition) is 4. The van der Waals surface area contributed by atoms with Gasteiger partial charge in [-0.1, -0.05) is 84.9 Å². The van der Waals surface area contributed by atoms with Crippen molar-refractivity contribution in [3.05, 3.63) is 175 Å². The van der Waals surface area contributed by atoms with Crippen molar-refractivity contribution in [1.29, 1.82) is 0 Å². The number of aryl methyl sites for hydroxylation is 2. The van der Waals surface area contributed by atoms with Crippen molar-refractivity contribution in [3.63, 3.8) is 0 Å². The van der Waals surface area contributed by atoms with E-state index >= 15 is 0 Å². The van der Waals surface area contributed by atoms with Crippen LogP contribution in [0.1, 0.15) is 116 Å². The Kier molecular flexibility index (Phi) is 11.9. The van der Waals surface area contributed by atoms with Crippen LogP contribution in [0.4, 0.5) is 0 Å². The van der Waals surface area contributed by atoms with E-state index in [0.717, 1.165) is 107 Å². The molecule has 63 heavy (non-hydrogen) atoms. The molecule has 4 aromatic carbocycles. The van der Waals surface area contributed by atoms with Crippen LogP contribution in [0, 0.1) is 27.7 Å². The molecule has 0 radical (unpaired) electrons. The molecule has 4 N–H and O–H groups in total. The van der Waals surface area contributed by atoms with Crippen molar-refractivity contribution >= 4 is 56.9 Å². The highest BCUT2D eigenvalue weighted by Gasteiger charge is 2.26. The molecule has 0 fully saturated rings. The van der Waals surface area contributed by atoms with Gasteiger partial charge in [-0.15, -0.1) is 0 Å². The van der Waals surface area contributed by atoms with E-state index < -0.39 is 0 Å². The predicted octanol–water partition coefficient (Wildman–Crippen LogP) is 12.1. The number of fused-ring (bicyclic) bond motifs is 2. The van der Waals surface area contributed by atoms with Crippen molar-refractivity contribution in [3.8, 4) is 0 Å². The molecule has 8 rings (SSSR count). The van der Waals surface area contributed by atoms with Crippen molar-refractivity contribution in [2.24, 2.45) is 9.98 Å². The average molecular weight is 835 g/mol. The molecular formula is C55H58N6O2. The number of aliphatic imine (C=N–C) groups is 2. The highest BCUT2D eigenvalue weighted by atomic mass is 16.2. The van der Waals surface area contributed by atoms with E-state index in [1.807, 2.05) is 64.1 Å². The fourth-order valence-corrected chi connectivity index (χ4v) is 9.53. The van der Waals surface area contributed by atoms with Gasteiger partial charge in [0.1, 0.15) is 0 Å². The third-order valence-corrected chi connectivity index (χ3v) is 13.3. The number of carbonyl (C=O) groups excluding carboxylic acids is 2. The number of allylic oxidation sites excluding steroid dienone is 4. The van der Waals surface area contributed by atoms with Gasteiger partial charge < -0.3 is 20.6 Å². The zero-order valence-corrected chi connectivity index (χ0v) is 38.2. The van der Waals surface area contributed by atoms with Crippen molar-refractivity contribution in [2.45, 2.75) is 101 Å². The Balaban J connectivity index is 0.951. The van der Waals surface area contributed by atoms with Gasteiger partial charge in [-0.2, -0.15) is 0 Å². The third-order valence-electron chi connectivity index (χ3n) is 13.3. The lowest BCUT2D eigenvalue weighted by molar-refractivity contribution is -0.121. The van der Waals surface area contributed by atoms with E-state index in [4.69, 9.17) is 9.98 Å². The monoisotopic (exact) mass is 834 g/mol. The summed E-state index contributed by atoms with van der Waals surface area (Å²) in [7, 11) is 0. The second-order valence-electron chi connectivity index (χ2n) is 17.4. The lowest BCUT2D eigenvalue weighted by Gasteiger charge is -2.17. The van der Waals surface area contributed by atoms with Crippen LogP contribution in [0.25, 0.3) is 33.7 Å². The normalized spacial score (nSPS) is 16.4. The summed E-state index contributed by atoms with van der Waals surface area (Å²) in [6.07, 6.45) is 5.55. The smallest absolute Gasteiger partial charge is 0.224 e. The summed E-state index contributed by atoms with van der Waals surface area (Å²) in [5.74, 6) is -0.0163. The van der Waals surface area contributed by atoms with Crippen LogP contribution in [-0.4, -0.2) is 33.2 Å². The maximum Gasteiger partial charge on any atom is 0.224 e. The molecule has 0 saturated heterocycles. The van der Waals surface area contributed by atoms with Crippen LogP contribution in [0.5, 0.6) is 0 Å². The predicted molar refractivity (Wildman–Crippen MR) is 261 cm³/mol. The fourth-order valence-electron chi connectivity index (χ4n) is 9.53. The highest BCUT2D eigenvalue weighted by Crippen LogP contribution is 2.37. The summed E-state index contributed by atoms with van der Waals surface area (Å²) in [6, 6.07) is 28.8. The van der Waals surface area contributed by atoms with Crippen LogP contribution < -0.4 is 10.6 Å². The minimum absolute atomic E-state index is 0.00816. The molecule has 4 heterocycles. The van der Waals surface area contributed by atoms with Gasteiger partial charge >= 0.3 is 0 Å². The zero-order chi connectivity index (χ0) is 44.7. The molecule has 2 atom stereocenters. The Morgan fingerprint density at radius 1 is 0.556 bits per heavy atom. The Morgan fingerprint density at radius 3 is 1.35 bits per heavy atom. The van der Waals surface area contributed by atoms with E-state index in [1.165, 1.54) is 21.9 Å². The molecule has 0 unspecified atom stereocenters. The Labute approximate surface area is 371 Å². The van der Waals surface area contributed by atoms with E-state index in [-0.39, 0.29) is 23.9 Å². The van der Waals surface area contributed by atoms with Crippen molar-refractivity contribution < 1.29 is 9.59 Å². The summed E-state index contributed by atoms with van der Waals surface area (Å²) in [5, 5.41) is 11.1. The molecule has 0 spiro atoms. The number of nitrogens with zero attached hydrogens (tertiary/aromatic N) is 2. The number of nitrogens with one attached hydrogen (secondary N) is 4. The van der Waals surface area contributed by atoms with Crippen molar-refractivity contribution in [2.75, 3.05) is 0 Å². The number of hydrogen-bond acceptors (Lipinski definition) is 4. The lowest BCUT2D eigenvalue weighted by Crippen LogP contribution is -2.28. The first-order chi connectivity index (χ1) is 30.2. The molecule has 8 nitrogen and oxygen atoms in total. The van der Waals surface area contributed by atoms with Gasteiger partial charge in [0.25, 0.3) is 0 Å². The first kappa shape index (κ1) is 42.9. The maximum atomic E-state index is 13.4. The number of aromatic amines is 2. The van der Waals surface area contributed by atoms with Gasteiger partial charge in [0.2, 0.25) is 11.8 Å². The van der Waals surface area contributed by atoms with Gasteiger partial charge in [0.15, 0.2) is 0 Å². The summed E-state index contributed by atoms with van der Waals surface area (Å²) < 4.78 is 0. The summed E-state index contributed by atoms with van der Waals surface area (Å²) in [6.45, 7) is 20.8. The largest absolute Gasteiger partial charge is 0.359 e. The van der Waals surface area contributed by atoms with Gasteiger partial charge in [-0.05, 0) is 159 Å². The van der Waals surface area contributed by atoms with Gasteiger partial charge in [0.05, 0.1) is 36.3 Å². The molecule has 0 bridgehead atoms. The SMILES string of the molecule is CC1=NC(=Cc2[nH]c(C)c(CC(=O)N[C@H](C)c3cccc4ccccc34)c2C)C(C)=C1CC1=C(C)/C(=C\c2[nH]c(C)c(CC(=O)N[C@H](C)c3cccc4ccccc34)c2C)N=C1C. The molecular weight excluding hydrogens is 777 g/mol.